The highest BCUT2D eigenvalue weighted by molar-refractivity contribution is 5.99. The summed E-state index contributed by atoms with van der Waals surface area (Å²) in [5, 5.41) is 7.17. The molecule has 1 saturated carbocycles. The minimum Gasteiger partial charge on any atom is -0.356 e. The number of carbonyl (C=O) groups is 5. The number of rotatable bonds is 8. The lowest BCUT2D eigenvalue weighted by molar-refractivity contribution is -0.176. The summed E-state index contributed by atoms with van der Waals surface area (Å²) in [6.07, 6.45) is -3.55. The smallest absolute Gasteiger partial charge is 0.356 e. The van der Waals surface area contributed by atoms with Crippen molar-refractivity contribution in [2.24, 2.45) is 28.6 Å². The molecular weight excluding hydrogens is 493 g/mol. The first-order valence-corrected chi connectivity index (χ1v) is 12.3. The fraction of sp³-hybridized carbons (Fsp3) is 0.720. The molecule has 0 radical (unpaired) electrons. The highest BCUT2D eigenvalue weighted by Crippen LogP contribution is 2.65. The fourth-order valence-electron chi connectivity index (χ4n) is 5.64. The molecule has 0 aromatic carbocycles. The molecule has 2 heterocycles. The van der Waals surface area contributed by atoms with Crippen LogP contribution in [0, 0.1) is 28.6 Å². The van der Waals surface area contributed by atoms with Crippen molar-refractivity contribution in [2.45, 2.75) is 71.8 Å². The number of alkyl halides is 3. The van der Waals surface area contributed by atoms with Crippen LogP contribution in [0.15, 0.2) is 12.7 Å². The zero-order valence-electron chi connectivity index (χ0n) is 21.7. The van der Waals surface area contributed by atoms with Crippen molar-refractivity contribution in [1.29, 1.82) is 0 Å². The molecule has 0 spiro atoms. The van der Waals surface area contributed by atoms with Crippen LogP contribution < -0.4 is 16.0 Å². The van der Waals surface area contributed by atoms with Crippen molar-refractivity contribution >= 4 is 29.4 Å². The van der Waals surface area contributed by atoms with Crippen molar-refractivity contribution in [1.82, 2.24) is 20.9 Å². The van der Waals surface area contributed by atoms with Gasteiger partial charge in [0.1, 0.15) is 12.1 Å². The SMILES string of the molecule is C=CC(=O)[C@H](C[C@@H]1CCNC1=O)NC(=O)[C@@H]1[C@@H]2[C@H](CN1C(=O)[C@@H](NC(=O)C(F)(F)F)C(C)(C)C)C2(C)C. The van der Waals surface area contributed by atoms with Gasteiger partial charge in [-0.25, -0.2) is 0 Å². The van der Waals surface area contributed by atoms with Crippen molar-refractivity contribution in [3.63, 3.8) is 0 Å². The summed E-state index contributed by atoms with van der Waals surface area (Å²) < 4.78 is 39.0. The van der Waals surface area contributed by atoms with Gasteiger partial charge in [-0.3, -0.25) is 24.0 Å². The van der Waals surface area contributed by atoms with E-state index in [1.165, 1.54) is 25.7 Å². The first-order valence-electron chi connectivity index (χ1n) is 12.3. The van der Waals surface area contributed by atoms with Gasteiger partial charge in [-0.2, -0.15) is 13.2 Å². The number of likely N-dealkylation sites (tertiary alicyclic amines) is 1. The first kappa shape index (κ1) is 28.6. The number of nitrogens with zero attached hydrogens (tertiary/aromatic N) is 1. The average molecular weight is 529 g/mol. The molecule has 0 aromatic rings. The molecule has 2 aliphatic heterocycles. The molecule has 3 aliphatic rings. The quantitative estimate of drug-likeness (QED) is 0.410. The van der Waals surface area contributed by atoms with Crippen LogP contribution in [0.2, 0.25) is 0 Å². The van der Waals surface area contributed by atoms with Crippen LogP contribution in [-0.4, -0.2) is 71.7 Å². The highest BCUT2D eigenvalue weighted by Gasteiger charge is 2.70. The number of carbonyl (C=O) groups excluding carboxylic acids is 5. The molecule has 0 aromatic heterocycles. The minimum atomic E-state index is -5.18. The number of hydrogen-bond donors (Lipinski definition) is 3. The number of amides is 4. The lowest BCUT2D eigenvalue weighted by Crippen LogP contribution is -2.61. The summed E-state index contributed by atoms with van der Waals surface area (Å²) in [4.78, 5) is 64.7. The van der Waals surface area contributed by atoms with E-state index in [9.17, 15) is 37.1 Å². The molecule has 37 heavy (non-hydrogen) atoms. The number of halogens is 3. The van der Waals surface area contributed by atoms with Gasteiger partial charge in [0.05, 0.1) is 6.04 Å². The Morgan fingerprint density at radius 3 is 2.30 bits per heavy atom. The summed E-state index contributed by atoms with van der Waals surface area (Å²) in [6, 6.07) is -3.62. The molecule has 3 fully saturated rings. The standard InChI is InChI=1S/C25H35F3N4O5/c1-7-15(33)14(10-12-8-9-29-19(12)34)30-20(35)17-16-13(24(16,5)6)11-32(17)21(36)18(23(2,3)4)31-22(37)25(26,27)28/h7,12-14,16-18H,1,8-11H2,2-6H3,(H,29,34)(H,30,35)(H,31,37)/t12-,13-,14-,16-,17-,18+/m0/s1. The molecule has 2 saturated heterocycles. The zero-order valence-corrected chi connectivity index (χ0v) is 21.7. The number of fused-ring (bicyclic) bond motifs is 1. The maximum atomic E-state index is 13.6. The number of ketones is 1. The Morgan fingerprint density at radius 1 is 1.19 bits per heavy atom. The van der Waals surface area contributed by atoms with E-state index in [2.05, 4.69) is 17.2 Å². The highest BCUT2D eigenvalue weighted by atomic mass is 19.4. The fourth-order valence-corrected chi connectivity index (χ4v) is 5.64. The Bertz CT molecular complexity index is 1000. The maximum absolute atomic E-state index is 13.6. The molecule has 6 atom stereocenters. The second kappa shape index (κ2) is 9.75. The van der Waals surface area contributed by atoms with Gasteiger partial charge in [0.25, 0.3) is 0 Å². The van der Waals surface area contributed by atoms with Gasteiger partial charge in [-0.15, -0.1) is 0 Å². The van der Waals surface area contributed by atoms with Crippen molar-refractivity contribution in [3.05, 3.63) is 12.7 Å². The van der Waals surface area contributed by atoms with Crippen LogP contribution in [-0.2, 0) is 24.0 Å². The topological polar surface area (TPSA) is 125 Å². The molecule has 3 rings (SSSR count). The molecule has 1 aliphatic carbocycles. The maximum Gasteiger partial charge on any atom is 0.471 e. The predicted octanol–water partition coefficient (Wildman–Crippen LogP) is 1.33. The Kier molecular flexibility index (Phi) is 7.55. The third-order valence-corrected chi connectivity index (χ3v) is 7.95. The molecule has 0 unspecified atom stereocenters. The number of nitrogens with one attached hydrogen (secondary N) is 3. The van der Waals surface area contributed by atoms with E-state index in [-0.39, 0.29) is 36.1 Å². The van der Waals surface area contributed by atoms with E-state index in [0.717, 1.165) is 6.08 Å². The van der Waals surface area contributed by atoms with Gasteiger partial charge < -0.3 is 20.9 Å². The second-order valence-electron chi connectivity index (χ2n) is 11.8. The largest absolute Gasteiger partial charge is 0.471 e. The van der Waals surface area contributed by atoms with Crippen molar-refractivity contribution in [2.75, 3.05) is 13.1 Å². The Morgan fingerprint density at radius 2 is 1.81 bits per heavy atom. The van der Waals surface area contributed by atoms with Crippen LogP contribution in [0.25, 0.3) is 0 Å². The third kappa shape index (κ3) is 5.67. The monoisotopic (exact) mass is 528 g/mol. The second-order valence-corrected chi connectivity index (χ2v) is 11.8. The van der Waals surface area contributed by atoms with Gasteiger partial charge in [0.15, 0.2) is 5.78 Å². The normalized spacial score (nSPS) is 28.0. The minimum absolute atomic E-state index is 0.0623. The van der Waals surface area contributed by atoms with Gasteiger partial charge in [-0.1, -0.05) is 41.2 Å². The van der Waals surface area contributed by atoms with Crippen LogP contribution in [0.5, 0.6) is 0 Å². The Labute approximate surface area is 214 Å². The average Bonchev–Trinajstić information content (AvgIpc) is 3.14. The van der Waals surface area contributed by atoms with E-state index >= 15 is 0 Å². The first-order chi connectivity index (χ1) is 16.9. The Hall–Kier alpha value is -2.92. The van der Waals surface area contributed by atoms with Gasteiger partial charge in [0, 0.05) is 19.0 Å². The predicted molar refractivity (Wildman–Crippen MR) is 127 cm³/mol. The van der Waals surface area contributed by atoms with E-state index in [1.54, 1.807) is 5.32 Å². The summed E-state index contributed by atoms with van der Waals surface area (Å²) in [6.45, 7) is 12.5. The molecular formula is C25H35F3N4O5. The van der Waals surface area contributed by atoms with E-state index < -0.39 is 59.1 Å². The summed E-state index contributed by atoms with van der Waals surface area (Å²) >= 11 is 0. The van der Waals surface area contributed by atoms with Gasteiger partial charge >= 0.3 is 12.1 Å². The number of hydrogen-bond acceptors (Lipinski definition) is 5. The Balaban J connectivity index is 1.86. The van der Waals surface area contributed by atoms with Crippen LogP contribution >= 0.6 is 0 Å². The van der Waals surface area contributed by atoms with E-state index in [4.69, 9.17) is 0 Å². The molecule has 0 bridgehead atoms. The lowest BCUT2D eigenvalue weighted by atomic mass is 9.85. The summed E-state index contributed by atoms with van der Waals surface area (Å²) in [5.74, 6) is -5.17. The van der Waals surface area contributed by atoms with E-state index in [0.29, 0.717) is 13.0 Å². The molecule has 206 valence electrons. The summed E-state index contributed by atoms with van der Waals surface area (Å²) in [7, 11) is 0. The van der Waals surface area contributed by atoms with Crippen LogP contribution in [0.3, 0.4) is 0 Å². The number of piperidine rings is 1. The third-order valence-electron chi connectivity index (χ3n) is 7.95. The molecule has 12 heteroatoms. The van der Waals surface area contributed by atoms with Crippen molar-refractivity contribution < 1.29 is 37.1 Å². The molecule has 3 N–H and O–H groups in total. The zero-order chi connectivity index (χ0) is 28.1. The summed E-state index contributed by atoms with van der Waals surface area (Å²) in [5.41, 5.74) is -1.38. The van der Waals surface area contributed by atoms with Crippen LogP contribution in [0.4, 0.5) is 13.2 Å². The van der Waals surface area contributed by atoms with E-state index in [1.807, 2.05) is 13.8 Å². The lowest BCUT2D eigenvalue weighted by Gasteiger charge is -2.38. The van der Waals surface area contributed by atoms with Gasteiger partial charge in [0.2, 0.25) is 17.7 Å². The van der Waals surface area contributed by atoms with Crippen molar-refractivity contribution in [3.8, 4) is 0 Å². The molecule has 9 nitrogen and oxygen atoms in total. The molecule has 4 amide bonds. The van der Waals surface area contributed by atoms with Crippen LogP contribution in [0.1, 0.15) is 47.5 Å². The van der Waals surface area contributed by atoms with Gasteiger partial charge in [-0.05, 0) is 41.6 Å².